The minimum atomic E-state index is -0.0602. The molecule has 0 spiro atoms. The van der Waals surface area contributed by atoms with E-state index in [1.807, 2.05) is 0 Å². The lowest BCUT2D eigenvalue weighted by molar-refractivity contribution is -0.118. The third-order valence-corrected chi connectivity index (χ3v) is 5.32. The van der Waals surface area contributed by atoms with E-state index in [1.54, 1.807) is 18.2 Å². The highest BCUT2D eigenvalue weighted by molar-refractivity contribution is 6.31. The second kappa shape index (κ2) is 7.33. The summed E-state index contributed by atoms with van der Waals surface area (Å²) in [7, 11) is 0. The summed E-state index contributed by atoms with van der Waals surface area (Å²) in [6.45, 7) is 1.40. The third kappa shape index (κ3) is 3.85. The Morgan fingerprint density at radius 1 is 1.30 bits per heavy atom. The van der Waals surface area contributed by atoms with Crippen LogP contribution in [0.2, 0.25) is 5.02 Å². The molecule has 1 amide bonds. The average molecular weight is 332 g/mol. The Bertz CT molecular complexity index is 623. The van der Waals surface area contributed by atoms with E-state index < -0.39 is 0 Å². The van der Waals surface area contributed by atoms with Gasteiger partial charge in [-0.2, -0.15) is 5.26 Å². The zero-order chi connectivity index (χ0) is 16.2. The van der Waals surface area contributed by atoms with E-state index in [-0.39, 0.29) is 5.91 Å². The van der Waals surface area contributed by atoms with E-state index in [1.165, 1.54) is 38.5 Å². The Balaban J connectivity index is 1.65. The Morgan fingerprint density at radius 3 is 2.91 bits per heavy atom. The van der Waals surface area contributed by atoms with Gasteiger partial charge in [-0.3, -0.25) is 9.69 Å². The highest BCUT2D eigenvalue weighted by atomic mass is 35.5. The Labute approximate surface area is 142 Å². The molecule has 1 aliphatic carbocycles. The minimum absolute atomic E-state index is 0.0602. The Hall–Kier alpha value is -1.57. The number of benzene rings is 1. The number of nitriles is 1. The molecule has 0 radical (unpaired) electrons. The predicted molar refractivity (Wildman–Crippen MR) is 91.3 cm³/mol. The highest BCUT2D eigenvalue weighted by Crippen LogP contribution is 2.35. The van der Waals surface area contributed by atoms with Crippen LogP contribution in [0.3, 0.4) is 0 Å². The van der Waals surface area contributed by atoms with Gasteiger partial charge in [0.1, 0.15) is 6.07 Å². The van der Waals surface area contributed by atoms with Gasteiger partial charge in [-0.1, -0.05) is 24.4 Å². The number of halogens is 1. The van der Waals surface area contributed by atoms with Crippen LogP contribution < -0.4 is 5.32 Å². The Morgan fingerprint density at radius 2 is 2.09 bits per heavy atom. The first-order valence-corrected chi connectivity index (χ1v) is 8.78. The van der Waals surface area contributed by atoms with Gasteiger partial charge in [0.15, 0.2) is 0 Å². The van der Waals surface area contributed by atoms with Crippen LogP contribution in [-0.2, 0) is 4.79 Å². The number of piperidine rings is 1. The number of hydrogen-bond donors (Lipinski definition) is 1. The van der Waals surface area contributed by atoms with Gasteiger partial charge in [0.25, 0.3) is 0 Å². The Kier molecular flexibility index (Phi) is 5.20. The molecule has 1 aliphatic heterocycles. The lowest BCUT2D eigenvalue weighted by Gasteiger charge is -2.43. The molecule has 2 fully saturated rings. The number of carbonyl (C=O) groups is 1. The van der Waals surface area contributed by atoms with Crippen LogP contribution in [0.4, 0.5) is 5.69 Å². The van der Waals surface area contributed by atoms with Gasteiger partial charge in [0, 0.05) is 11.1 Å². The molecule has 1 heterocycles. The monoisotopic (exact) mass is 331 g/mol. The summed E-state index contributed by atoms with van der Waals surface area (Å²) in [5, 5.41) is 12.5. The van der Waals surface area contributed by atoms with Crippen molar-refractivity contribution in [2.24, 2.45) is 5.92 Å². The number of fused-ring (bicyclic) bond motifs is 1. The summed E-state index contributed by atoms with van der Waals surface area (Å²) >= 11 is 5.97. The van der Waals surface area contributed by atoms with Crippen molar-refractivity contribution in [3.8, 4) is 6.07 Å². The van der Waals surface area contributed by atoms with Crippen LogP contribution in [0.5, 0.6) is 0 Å². The molecular weight excluding hydrogens is 310 g/mol. The quantitative estimate of drug-likeness (QED) is 0.916. The molecule has 1 saturated heterocycles. The lowest BCUT2D eigenvalue weighted by atomic mass is 9.78. The summed E-state index contributed by atoms with van der Waals surface area (Å²) in [6, 6.07) is 7.58. The van der Waals surface area contributed by atoms with Gasteiger partial charge < -0.3 is 5.32 Å². The van der Waals surface area contributed by atoms with Crippen molar-refractivity contribution < 1.29 is 4.79 Å². The number of hydrogen-bond acceptors (Lipinski definition) is 3. The van der Waals surface area contributed by atoms with Gasteiger partial charge in [0.05, 0.1) is 17.8 Å². The number of nitrogens with zero attached hydrogens (tertiary/aromatic N) is 2. The van der Waals surface area contributed by atoms with Crippen molar-refractivity contribution in [2.75, 3.05) is 18.4 Å². The summed E-state index contributed by atoms with van der Waals surface area (Å²) in [4.78, 5) is 14.8. The molecule has 4 nitrogen and oxygen atoms in total. The van der Waals surface area contributed by atoms with Crippen LogP contribution in [-0.4, -0.2) is 29.9 Å². The summed E-state index contributed by atoms with van der Waals surface area (Å²) in [5.74, 6) is 0.695. The standard InChI is InChI=1S/C18H22ClN3O/c19-15-8-7-14(11-20)16(10-15)21-18(23)12-22-9-3-5-13-4-1-2-6-17(13)22/h7-8,10,13,17H,1-6,9,12H2,(H,21,23)/t13-,17+/m1/s1. The second-order valence-electron chi connectivity index (χ2n) is 6.57. The normalized spacial score (nSPS) is 24.5. The van der Waals surface area contributed by atoms with Crippen molar-refractivity contribution in [3.05, 3.63) is 28.8 Å². The third-order valence-electron chi connectivity index (χ3n) is 5.08. The molecular formula is C18H22ClN3O. The number of carbonyl (C=O) groups excluding carboxylic acids is 1. The van der Waals surface area contributed by atoms with Gasteiger partial charge in [-0.15, -0.1) is 0 Å². The van der Waals surface area contributed by atoms with Crippen molar-refractivity contribution in [3.63, 3.8) is 0 Å². The number of anilines is 1. The zero-order valence-corrected chi connectivity index (χ0v) is 14.0. The molecule has 0 bridgehead atoms. The molecule has 1 aromatic rings. The van der Waals surface area contributed by atoms with E-state index >= 15 is 0 Å². The van der Waals surface area contributed by atoms with E-state index in [9.17, 15) is 4.79 Å². The molecule has 3 rings (SSSR count). The van der Waals surface area contributed by atoms with Crippen LogP contribution in [0, 0.1) is 17.2 Å². The van der Waals surface area contributed by atoms with Crippen molar-refractivity contribution in [1.82, 2.24) is 4.90 Å². The lowest BCUT2D eigenvalue weighted by Crippen LogP contribution is -2.49. The van der Waals surface area contributed by atoms with E-state index in [0.29, 0.717) is 28.9 Å². The number of likely N-dealkylation sites (tertiary alicyclic amines) is 1. The van der Waals surface area contributed by atoms with Gasteiger partial charge in [-0.05, 0) is 56.3 Å². The van der Waals surface area contributed by atoms with Crippen LogP contribution >= 0.6 is 11.6 Å². The summed E-state index contributed by atoms with van der Waals surface area (Å²) < 4.78 is 0. The molecule has 1 aromatic carbocycles. The fraction of sp³-hybridized carbons (Fsp3) is 0.556. The molecule has 122 valence electrons. The maximum atomic E-state index is 12.4. The van der Waals surface area contributed by atoms with E-state index in [0.717, 1.165) is 12.5 Å². The topological polar surface area (TPSA) is 56.1 Å². The molecule has 2 aliphatic rings. The molecule has 0 unspecified atom stereocenters. The van der Waals surface area contributed by atoms with Gasteiger partial charge in [-0.25, -0.2) is 0 Å². The zero-order valence-electron chi connectivity index (χ0n) is 13.2. The fourth-order valence-electron chi connectivity index (χ4n) is 4.02. The highest BCUT2D eigenvalue weighted by Gasteiger charge is 2.33. The molecule has 23 heavy (non-hydrogen) atoms. The predicted octanol–water partition coefficient (Wildman–Crippen LogP) is 3.80. The first-order chi connectivity index (χ1) is 11.2. The largest absolute Gasteiger partial charge is 0.324 e. The minimum Gasteiger partial charge on any atom is -0.324 e. The van der Waals surface area contributed by atoms with Crippen LogP contribution in [0.25, 0.3) is 0 Å². The molecule has 0 aromatic heterocycles. The molecule has 5 heteroatoms. The van der Waals surface area contributed by atoms with Gasteiger partial charge in [0.2, 0.25) is 5.91 Å². The SMILES string of the molecule is N#Cc1ccc(Cl)cc1NC(=O)CN1CCC[C@H]2CCCC[C@@H]21. The molecule has 1 N–H and O–H groups in total. The van der Waals surface area contributed by atoms with Crippen LogP contribution in [0.15, 0.2) is 18.2 Å². The smallest absolute Gasteiger partial charge is 0.238 e. The first-order valence-electron chi connectivity index (χ1n) is 8.41. The second-order valence-corrected chi connectivity index (χ2v) is 7.01. The molecule has 1 saturated carbocycles. The summed E-state index contributed by atoms with van der Waals surface area (Å²) in [6.07, 6.45) is 7.58. The van der Waals surface area contributed by atoms with Crippen molar-refractivity contribution in [2.45, 2.75) is 44.6 Å². The maximum Gasteiger partial charge on any atom is 0.238 e. The fourth-order valence-corrected chi connectivity index (χ4v) is 4.19. The maximum absolute atomic E-state index is 12.4. The van der Waals surface area contributed by atoms with Crippen molar-refractivity contribution >= 4 is 23.2 Å². The van der Waals surface area contributed by atoms with E-state index in [4.69, 9.17) is 16.9 Å². The average Bonchev–Trinajstić information content (AvgIpc) is 2.55. The first kappa shape index (κ1) is 16.3. The summed E-state index contributed by atoms with van der Waals surface area (Å²) in [5.41, 5.74) is 0.944. The van der Waals surface area contributed by atoms with Crippen molar-refractivity contribution in [1.29, 1.82) is 5.26 Å². The van der Waals surface area contributed by atoms with E-state index in [2.05, 4.69) is 16.3 Å². The molecule has 2 atom stereocenters. The van der Waals surface area contributed by atoms with Gasteiger partial charge >= 0.3 is 0 Å². The number of nitrogens with one attached hydrogen (secondary N) is 1. The number of amides is 1. The number of rotatable bonds is 3. The van der Waals surface area contributed by atoms with Crippen LogP contribution in [0.1, 0.15) is 44.1 Å².